The molecule has 0 radical (unpaired) electrons. The third kappa shape index (κ3) is 5.23. The summed E-state index contributed by atoms with van der Waals surface area (Å²) in [7, 11) is 1.00. The lowest BCUT2D eigenvalue weighted by molar-refractivity contribution is -0.114. The van der Waals surface area contributed by atoms with Crippen LogP contribution in [-0.4, -0.2) is 59.1 Å². The van der Waals surface area contributed by atoms with Crippen LogP contribution in [0.15, 0.2) is 48.5 Å². The second-order valence-corrected chi connectivity index (χ2v) is 8.17. The second kappa shape index (κ2) is 8.75. The predicted molar refractivity (Wildman–Crippen MR) is 108 cm³/mol. The van der Waals surface area contributed by atoms with Gasteiger partial charge in [-0.3, -0.25) is 13.9 Å². The smallest absolute Gasteiger partial charge is 0.253 e. The highest BCUT2D eigenvalue weighted by Crippen LogP contribution is 2.24. The van der Waals surface area contributed by atoms with E-state index in [1.165, 1.54) is 36.3 Å². The van der Waals surface area contributed by atoms with Crippen molar-refractivity contribution in [1.82, 2.24) is 4.90 Å². The van der Waals surface area contributed by atoms with Crippen LogP contribution in [0.2, 0.25) is 0 Å². The highest BCUT2D eigenvalue weighted by Gasteiger charge is 2.22. The lowest BCUT2D eigenvalue weighted by Gasteiger charge is -2.22. The van der Waals surface area contributed by atoms with Crippen LogP contribution in [0, 0.1) is 0 Å². The summed E-state index contributed by atoms with van der Waals surface area (Å²) in [5, 5.41) is 2.65. The van der Waals surface area contributed by atoms with Crippen molar-refractivity contribution in [2.24, 2.45) is 0 Å². The summed E-state index contributed by atoms with van der Waals surface area (Å²) in [4.78, 5) is 25.8. The summed E-state index contributed by atoms with van der Waals surface area (Å²) < 4.78 is 30.6. The standard InChI is InChI=1S/C19H23N3O5S/c1-21(2)19(24)14-9-11-15(12-10-14)22(28(4,25)26)13-18(23)20-16-7-5-6-8-17(16)27-3/h5-12H,13H2,1-4H3,(H,20,23). The molecule has 2 aromatic carbocycles. The maximum Gasteiger partial charge on any atom is 0.253 e. The summed E-state index contributed by atoms with van der Waals surface area (Å²) in [6.45, 7) is -0.419. The molecule has 1 N–H and O–H groups in total. The van der Waals surface area contributed by atoms with E-state index in [1.807, 2.05) is 0 Å². The number of anilines is 2. The zero-order valence-corrected chi connectivity index (χ0v) is 17.0. The number of nitrogens with zero attached hydrogens (tertiary/aromatic N) is 2. The number of ether oxygens (including phenoxy) is 1. The maximum atomic E-state index is 12.4. The normalized spacial score (nSPS) is 10.9. The summed E-state index contributed by atoms with van der Waals surface area (Å²) in [5.41, 5.74) is 1.14. The molecule has 0 aliphatic rings. The molecule has 0 aliphatic heterocycles. The van der Waals surface area contributed by atoms with Crippen molar-refractivity contribution in [2.75, 3.05) is 43.6 Å². The van der Waals surface area contributed by atoms with Gasteiger partial charge in [0, 0.05) is 19.7 Å². The minimum atomic E-state index is -3.72. The molecule has 0 aliphatic carbocycles. The number of rotatable bonds is 7. The first-order valence-corrected chi connectivity index (χ1v) is 10.2. The molecular weight excluding hydrogens is 382 g/mol. The molecule has 28 heavy (non-hydrogen) atoms. The van der Waals surface area contributed by atoms with E-state index in [2.05, 4.69) is 5.32 Å². The SMILES string of the molecule is COc1ccccc1NC(=O)CN(c1ccc(C(=O)N(C)C)cc1)S(C)(=O)=O. The van der Waals surface area contributed by atoms with E-state index >= 15 is 0 Å². The Kier molecular flexibility index (Phi) is 6.63. The van der Waals surface area contributed by atoms with E-state index in [-0.39, 0.29) is 11.6 Å². The Morgan fingerprint density at radius 1 is 1.04 bits per heavy atom. The Labute approximate surface area is 164 Å². The van der Waals surface area contributed by atoms with Crippen molar-refractivity contribution in [3.8, 4) is 5.75 Å². The van der Waals surface area contributed by atoms with Crippen LogP contribution in [0.4, 0.5) is 11.4 Å². The van der Waals surface area contributed by atoms with Crippen molar-refractivity contribution in [2.45, 2.75) is 0 Å². The van der Waals surface area contributed by atoms with Gasteiger partial charge in [-0.05, 0) is 36.4 Å². The Morgan fingerprint density at radius 2 is 1.64 bits per heavy atom. The number of methoxy groups -OCH3 is 1. The molecule has 2 aromatic rings. The number of hydrogen-bond donors (Lipinski definition) is 1. The average molecular weight is 405 g/mol. The third-order valence-electron chi connectivity index (χ3n) is 3.88. The largest absolute Gasteiger partial charge is 0.495 e. The number of benzene rings is 2. The van der Waals surface area contributed by atoms with E-state index < -0.39 is 22.5 Å². The molecule has 0 unspecified atom stereocenters. The van der Waals surface area contributed by atoms with Crippen molar-refractivity contribution in [3.05, 3.63) is 54.1 Å². The summed E-state index contributed by atoms with van der Waals surface area (Å²) in [6.07, 6.45) is 1.02. The number of sulfonamides is 1. The first-order valence-electron chi connectivity index (χ1n) is 8.35. The molecular formula is C19H23N3O5S. The molecule has 150 valence electrons. The van der Waals surface area contributed by atoms with E-state index in [0.29, 0.717) is 17.0 Å². The van der Waals surface area contributed by atoms with Crippen molar-refractivity contribution >= 4 is 33.2 Å². The van der Waals surface area contributed by atoms with E-state index in [9.17, 15) is 18.0 Å². The minimum Gasteiger partial charge on any atom is -0.495 e. The third-order valence-corrected chi connectivity index (χ3v) is 5.02. The van der Waals surface area contributed by atoms with Gasteiger partial charge in [0.05, 0.1) is 24.7 Å². The van der Waals surface area contributed by atoms with Gasteiger partial charge in [-0.25, -0.2) is 8.42 Å². The molecule has 0 spiro atoms. The monoisotopic (exact) mass is 405 g/mol. The van der Waals surface area contributed by atoms with Crippen molar-refractivity contribution < 1.29 is 22.7 Å². The molecule has 0 bridgehead atoms. The number of amides is 2. The average Bonchev–Trinajstić information content (AvgIpc) is 2.65. The number of carbonyl (C=O) groups is 2. The highest BCUT2D eigenvalue weighted by atomic mass is 32.2. The zero-order valence-electron chi connectivity index (χ0n) is 16.2. The molecule has 0 atom stereocenters. The summed E-state index contributed by atoms with van der Waals surface area (Å²) in [5.74, 6) is -0.261. The van der Waals surface area contributed by atoms with Crippen LogP contribution in [0.5, 0.6) is 5.75 Å². The molecule has 2 rings (SSSR count). The molecule has 2 amide bonds. The van der Waals surface area contributed by atoms with Crippen LogP contribution in [0.3, 0.4) is 0 Å². The number of carbonyl (C=O) groups excluding carboxylic acids is 2. The van der Waals surface area contributed by atoms with Crippen LogP contribution in [-0.2, 0) is 14.8 Å². The fraction of sp³-hybridized carbons (Fsp3) is 0.263. The topological polar surface area (TPSA) is 96.0 Å². The predicted octanol–water partition coefficient (Wildman–Crippen LogP) is 1.80. The lowest BCUT2D eigenvalue weighted by Crippen LogP contribution is -2.37. The van der Waals surface area contributed by atoms with Gasteiger partial charge < -0.3 is 15.0 Å². The summed E-state index contributed by atoms with van der Waals surface area (Å²) >= 11 is 0. The van der Waals surface area contributed by atoms with E-state index in [1.54, 1.807) is 38.4 Å². The molecule has 9 heteroatoms. The van der Waals surface area contributed by atoms with Crippen molar-refractivity contribution in [1.29, 1.82) is 0 Å². The van der Waals surface area contributed by atoms with Crippen LogP contribution < -0.4 is 14.4 Å². The molecule has 0 fully saturated rings. The highest BCUT2D eigenvalue weighted by molar-refractivity contribution is 7.92. The first-order chi connectivity index (χ1) is 13.1. The van der Waals surface area contributed by atoms with Crippen molar-refractivity contribution in [3.63, 3.8) is 0 Å². The summed E-state index contributed by atoms with van der Waals surface area (Å²) in [6, 6.07) is 12.9. The van der Waals surface area contributed by atoms with Gasteiger partial charge >= 0.3 is 0 Å². The number of nitrogens with one attached hydrogen (secondary N) is 1. The maximum absolute atomic E-state index is 12.4. The quantitative estimate of drug-likeness (QED) is 0.758. The molecule has 0 heterocycles. The molecule has 0 saturated heterocycles. The Balaban J connectivity index is 2.23. The fourth-order valence-electron chi connectivity index (χ4n) is 2.50. The molecule has 8 nitrogen and oxygen atoms in total. The first kappa shape index (κ1) is 21.2. The minimum absolute atomic E-state index is 0.202. The molecule has 0 aromatic heterocycles. The number of para-hydroxylation sites is 2. The van der Waals surface area contributed by atoms with Gasteiger partial charge in [-0.1, -0.05) is 12.1 Å². The van der Waals surface area contributed by atoms with Gasteiger partial charge in [0.15, 0.2) is 0 Å². The van der Waals surface area contributed by atoms with Crippen LogP contribution >= 0.6 is 0 Å². The Morgan fingerprint density at radius 3 is 2.18 bits per heavy atom. The second-order valence-electron chi connectivity index (χ2n) is 6.26. The Bertz CT molecular complexity index is 956. The van der Waals surface area contributed by atoms with Gasteiger partial charge in [-0.2, -0.15) is 0 Å². The van der Waals surface area contributed by atoms with E-state index in [0.717, 1.165) is 10.6 Å². The van der Waals surface area contributed by atoms with Gasteiger partial charge in [0.1, 0.15) is 12.3 Å². The number of hydrogen-bond acceptors (Lipinski definition) is 5. The van der Waals surface area contributed by atoms with Crippen LogP contribution in [0.25, 0.3) is 0 Å². The van der Waals surface area contributed by atoms with Gasteiger partial charge in [0.2, 0.25) is 15.9 Å². The molecule has 0 saturated carbocycles. The fourth-order valence-corrected chi connectivity index (χ4v) is 3.35. The van der Waals surface area contributed by atoms with Gasteiger partial charge in [-0.15, -0.1) is 0 Å². The van der Waals surface area contributed by atoms with Crippen LogP contribution in [0.1, 0.15) is 10.4 Å². The van der Waals surface area contributed by atoms with Gasteiger partial charge in [0.25, 0.3) is 5.91 Å². The zero-order chi connectivity index (χ0) is 20.9. The lowest BCUT2D eigenvalue weighted by atomic mass is 10.2. The Hall–Kier alpha value is -3.07. The van der Waals surface area contributed by atoms with E-state index in [4.69, 9.17) is 4.74 Å².